The molecule has 1 saturated heterocycles. The summed E-state index contributed by atoms with van der Waals surface area (Å²) in [5.74, 6) is 1.66. The topological polar surface area (TPSA) is 33.7 Å². The summed E-state index contributed by atoms with van der Waals surface area (Å²) in [4.78, 5) is 2.52. The standard InChI is InChI=1S/C16H26N2O2/c1-4-13-11-15(19-2)16(20-3)12-14(13)5-8-18-9-6-17-7-10-18/h11-12,17H,4-10H2,1-3H3. The Morgan fingerprint density at radius 1 is 1.05 bits per heavy atom. The van der Waals surface area contributed by atoms with Gasteiger partial charge in [0.2, 0.25) is 0 Å². The monoisotopic (exact) mass is 278 g/mol. The van der Waals surface area contributed by atoms with Gasteiger partial charge < -0.3 is 19.7 Å². The van der Waals surface area contributed by atoms with Gasteiger partial charge in [-0.1, -0.05) is 6.92 Å². The summed E-state index contributed by atoms with van der Waals surface area (Å²) in [6.07, 6.45) is 2.10. The van der Waals surface area contributed by atoms with Gasteiger partial charge in [-0.15, -0.1) is 0 Å². The molecule has 0 radical (unpaired) electrons. The summed E-state index contributed by atoms with van der Waals surface area (Å²) in [6, 6.07) is 4.26. The number of benzene rings is 1. The van der Waals surface area contributed by atoms with Crippen molar-refractivity contribution in [3.05, 3.63) is 23.3 Å². The van der Waals surface area contributed by atoms with Crippen LogP contribution < -0.4 is 14.8 Å². The van der Waals surface area contributed by atoms with Crippen LogP contribution in [0.5, 0.6) is 11.5 Å². The van der Waals surface area contributed by atoms with Crippen molar-refractivity contribution < 1.29 is 9.47 Å². The Labute approximate surface area is 122 Å². The fraction of sp³-hybridized carbons (Fsp3) is 0.625. The Kier molecular flexibility index (Phi) is 5.68. The highest BCUT2D eigenvalue weighted by Crippen LogP contribution is 2.31. The van der Waals surface area contributed by atoms with E-state index in [0.29, 0.717) is 0 Å². The second-order valence-electron chi connectivity index (χ2n) is 5.17. The Bertz CT molecular complexity index is 429. The third-order valence-corrected chi connectivity index (χ3v) is 3.99. The highest BCUT2D eigenvalue weighted by atomic mass is 16.5. The molecule has 1 fully saturated rings. The fourth-order valence-electron chi connectivity index (χ4n) is 2.74. The molecule has 4 heteroatoms. The molecule has 0 saturated carbocycles. The van der Waals surface area contributed by atoms with Crippen molar-refractivity contribution in [1.82, 2.24) is 10.2 Å². The first-order chi connectivity index (χ1) is 9.78. The van der Waals surface area contributed by atoms with Crippen molar-refractivity contribution in [2.75, 3.05) is 46.9 Å². The number of nitrogens with zero attached hydrogens (tertiary/aromatic N) is 1. The third kappa shape index (κ3) is 3.64. The van der Waals surface area contributed by atoms with Gasteiger partial charge in [0, 0.05) is 32.7 Å². The quantitative estimate of drug-likeness (QED) is 0.859. The highest BCUT2D eigenvalue weighted by molar-refractivity contribution is 5.47. The van der Waals surface area contributed by atoms with Crippen LogP contribution in [0.15, 0.2) is 12.1 Å². The smallest absolute Gasteiger partial charge is 0.161 e. The number of hydrogen-bond donors (Lipinski definition) is 1. The molecule has 0 aliphatic carbocycles. The van der Waals surface area contributed by atoms with Crippen LogP contribution in [-0.4, -0.2) is 51.8 Å². The molecule has 1 aliphatic heterocycles. The SMILES string of the molecule is CCc1cc(OC)c(OC)cc1CCN1CCNCC1. The molecular weight excluding hydrogens is 252 g/mol. The van der Waals surface area contributed by atoms with Crippen LogP contribution >= 0.6 is 0 Å². The zero-order chi connectivity index (χ0) is 14.4. The summed E-state index contributed by atoms with van der Waals surface area (Å²) >= 11 is 0. The van der Waals surface area contributed by atoms with Crippen molar-refractivity contribution in [2.45, 2.75) is 19.8 Å². The normalized spacial score (nSPS) is 16.1. The van der Waals surface area contributed by atoms with Crippen LogP contribution in [0, 0.1) is 0 Å². The van der Waals surface area contributed by atoms with E-state index in [4.69, 9.17) is 9.47 Å². The van der Waals surface area contributed by atoms with Gasteiger partial charge >= 0.3 is 0 Å². The lowest BCUT2D eigenvalue weighted by atomic mass is 10.0. The maximum absolute atomic E-state index is 5.42. The lowest BCUT2D eigenvalue weighted by molar-refractivity contribution is 0.243. The van der Waals surface area contributed by atoms with E-state index in [9.17, 15) is 0 Å². The van der Waals surface area contributed by atoms with Gasteiger partial charge in [-0.25, -0.2) is 0 Å². The maximum Gasteiger partial charge on any atom is 0.161 e. The maximum atomic E-state index is 5.42. The summed E-state index contributed by atoms with van der Waals surface area (Å²) in [6.45, 7) is 7.81. The third-order valence-electron chi connectivity index (χ3n) is 3.99. The lowest BCUT2D eigenvalue weighted by Gasteiger charge is -2.27. The number of hydrogen-bond acceptors (Lipinski definition) is 4. The van der Waals surface area contributed by atoms with Crippen LogP contribution in [0.1, 0.15) is 18.1 Å². The van der Waals surface area contributed by atoms with Crippen molar-refractivity contribution in [2.24, 2.45) is 0 Å². The molecule has 1 aromatic rings. The highest BCUT2D eigenvalue weighted by Gasteiger charge is 2.13. The van der Waals surface area contributed by atoms with Crippen molar-refractivity contribution in [1.29, 1.82) is 0 Å². The fourth-order valence-corrected chi connectivity index (χ4v) is 2.74. The Hall–Kier alpha value is -1.26. The van der Waals surface area contributed by atoms with Crippen LogP contribution in [0.3, 0.4) is 0 Å². The van der Waals surface area contributed by atoms with Gasteiger partial charge in [-0.05, 0) is 36.1 Å². The first-order valence-corrected chi connectivity index (χ1v) is 7.45. The first-order valence-electron chi connectivity index (χ1n) is 7.45. The molecular formula is C16H26N2O2. The van der Waals surface area contributed by atoms with E-state index in [2.05, 4.69) is 29.3 Å². The van der Waals surface area contributed by atoms with E-state index in [0.717, 1.165) is 57.1 Å². The number of nitrogens with one attached hydrogen (secondary N) is 1. The second-order valence-corrected chi connectivity index (χ2v) is 5.17. The minimum atomic E-state index is 0.829. The number of ether oxygens (including phenoxy) is 2. The zero-order valence-corrected chi connectivity index (χ0v) is 12.9. The van der Waals surface area contributed by atoms with E-state index < -0.39 is 0 Å². The predicted molar refractivity (Wildman–Crippen MR) is 81.9 cm³/mol. The summed E-state index contributed by atoms with van der Waals surface area (Å²) in [5.41, 5.74) is 2.74. The van der Waals surface area contributed by atoms with Gasteiger partial charge in [-0.2, -0.15) is 0 Å². The largest absolute Gasteiger partial charge is 0.493 e. The average Bonchev–Trinajstić information content (AvgIpc) is 2.52. The van der Waals surface area contributed by atoms with Crippen molar-refractivity contribution >= 4 is 0 Å². The number of rotatable bonds is 6. The Balaban J connectivity index is 2.08. The molecule has 0 atom stereocenters. The molecule has 1 heterocycles. The molecule has 0 amide bonds. The van der Waals surface area contributed by atoms with E-state index in [1.165, 1.54) is 11.1 Å². The van der Waals surface area contributed by atoms with E-state index in [1.807, 2.05) is 0 Å². The molecule has 2 rings (SSSR count). The molecule has 1 aromatic carbocycles. The van der Waals surface area contributed by atoms with Crippen LogP contribution in [0.25, 0.3) is 0 Å². The zero-order valence-electron chi connectivity index (χ0n) is 12.9. The van der Waals surface area contributed by atoms with Crippen molar-refractivity contribution in [3.63, 3.8) is 0 Å². The van der Waals surface area contributed by atoms with Gasteiger partial charge in [0.15, 0.2) is 11.5 Å². The van der Waals surface area contributed by atoms with Gasteiger partial charge in [0.25, 0.3) is 0 Å². The molecule has 0 spiro atoms. The summed E-state index contributed by atoms with van der Waals surface area (Å²) in [5, 5.41) is 3.39. The minimum absolute atomic E-state index is 0.829. The Morgan fingerprint density at radius 2 is 1.65 bits per heavy atom. The van der Waals surface area contributed by atoms with Gasteiger partial charge in [0.1, 0.15) is 0 Å². The second kappa shape index (κ2) is 7.50. The van der Waals surface area contributed by atoms with Gasteiger partial charge in [-0.3, -0.25) is 0 Å². The first kappa shape index (κ1) is 15.1. The van der Waals surface area contributed by atoms with Crippen LogP contribution in [0.4, 0.5) is 0 Å². The van der Waals surface area contributed by atoms with Gasteiger partial charge in [0.05, 0.1) is 14.2 Å². The summed E-state index contributed by atoms with van der Waals surface area (Å²) < 4.78 is 10.8. The average molecular weight is 278 g/mol. The molecule has 1 aliphatic rings. The van der Waals surface area contributed by atoms with Crippen LogP contribution in [-0.2, 0) is 12.8 Å². The molecule has 20 heavy (non-hydrogen) atoms. The number of aryl methyl sites for hydroxylation is 1. The number of methoxy groups -OCH3 is 2. The molecule has 0 bridgehead atoms. The molecule has 4 nitrogen and oxygen atoms in total. The molecule has 1 N–H and O–H groups in total. The van der Waals surface area contributed by atoms with E-state index >= 15 is 0 Å². The lowest BCUT2D eigenvalue weighted by Crippen LogP contribution is -2.44. The predicted octanol–water partition coefficient (Wildman–Crippen LogP) is 1.71. The Morgan fingerprint density at radius 3 is 2.20 bits per heavy atom. The van der Waals surface area contributed by atoms with Crippen molar-refractivity contribution in [3.8, 4) is 11.5 Å². The van der Waals surface area contributed by atoms with E-state index in [-0.39, 0.29) is 0 Å². The van der Waals surface area contributed by atoms with E-state index in [1.54, 1.807) is 14.2 Å². The minimum Gasteiger partial charge on any atom is -0.493 e. The summed E-state index contributed by atoms with van der Waals surface area (Å²) in [7, 11) is 3.39. The molecule has 0 unspecified atom stereocenters. The molecule has 0 aromatic heterocycles. The molecule has 112 valence electrons. The van der Waals surface area contributed by atoms with Crippen LogP contribution in [0.2, 0.25) is 0 Å². The number of piperazine rings is 1.